The van der Waals surface area contributed by atoms with E-state index < -0.39 is 0 Å². The lowest BCUT2D eigenvalue weighted by Gasteiger charge is -2.25. The Morgan fingerprint density at radius 1 is 1.39 bits per heavy atom. The van der Waals surface area contributed by atoms with Crippen molar-refractivity contribution < 1.29 is 14.6 Å². The van der Waals surface area contributed by atoms with E-state index in [9.17, 15) is 9.90 Å². The highest BCUT2D eigenvalue weighted by Crippen LogP contribution is 2.20. The number of phenolic OH excluding ortho intramolecular Hbond substituents is 1. The van der Waals surface area contributed by atoms with Gasteiger partial charge in [-0.2, -0.15) is 0 Å². The van der Waals surface area contributed by atoms with Crippen molar-refractivity contribution in [3.8, 4) is 5.75 Å². The molecule has 98 valence electrons. The van der Waals surface area contributed by atoms with Crippen LogP contribution in [0.1, 0.15) is 25.7 Å². The molecule has 0 radical (unpaired) electrons. The molecule has 0 aliphatic carbocycles. The molecule has 0 aromatic heterocycles. The highest BCUT2D eigenvalue weighted by atomic mass is 16.5. The maximum atomic E-state index is 12.1. The number of anilines is 1. The second kappa shape index (κ2) is 5.87. The number of carbonyl (C=O) groups is 1. The van der Waals surface area contributed by atoms with Crippen LogP contribution in [0.5, 0.6) is 5.75 Å². The quantitative estimate of drug-likeness (QED) is 0.894. The van der Waals surface area contributed by atoms with Crippen molar-refractivity contribution in [2.24, 2.45) is 0 Å². The van der Waals surface area contributed by atoms with Crippen LogP contribution in [0.15, 0.2) is 24.3 Å². The van der Waals surface area contributed by atoms with E-state index >= 15 is 0 Å². The molecule has 18 heavy (non-hydrogen) atoms. The molecule has 1 N–H and O–H groups in total. The van der Waals surface area contributed by atoms with Crippen molar-refractivity contribution in [2.75, 3.05) is 18.6 Å². The summed E-state index contributed by atoms with van der Waals surface area (Å²) in [6.07, 6.45) is 3.69. The molecule has 1 heterocycles. The number of hydrogen-bond donors (Lipinski definition) is 1. The van der Waals surface area contributed by atoms with Crippen LogP contribution < -0.4 is 4.90 Å². The van der Waals surface area contributed by atoms with E-state index in [4.69, 9.17) is 4.74 Å². The minimum absolute atomic E-state index is 0.0487. The molecule has 1 saturated heterocycles. The number of rotatable bonds is 3. The molecule has 1 unspecified atom stereocenters. The predicted octanol–water partition coefficient (Wildman–Crippen LogP) is 2.31. The van der Waals surface area contributed by atoms with Crippen molar-refractivity contribution in [3.05, 3.63) is 24.3 Å². The lowest BCUT2D eigenvalue weighted by Crippen LogP contribution is -2.32. The van der Waals surface area contributed by atoms with Gasteiger partial charge in [-0.15, -0.1) is 0 Å². The number of nitrogens with zero attached hydrogens (tertiary/aromatic N) is 1. The topological polar surface area (TPSA) is 49.8 Å². The molecule has 4 nitrogen and oxygen atoms in total. The van der Waals surface area contributed by atoms with E-state index in [1.54, 1.807) is 36.2 Å². The zero-order valence-corrected chi connectivity index (χ0v) is 10.6. The van der Waals surface area contributed by atoms with Crippen LogP contribution in [0.25, 0.3) is 0 Å². The average molecular weight is 249 g/mol. The maximum absolute atomic E-state index is 12.1. The second-order valence-corrected chi connectivity index (χ2v) is 4.66. The summed E-state index contributed by atoms with van der Waals surface area (Å²) in [5.41, 5.74) is 0.786. The maximum Gasteiger partial charge on any atom is 0.229 e. The molecule has 2 rings (SSSR count). The number of ether oxygens (including phenoxy) is 1. The first-order chi connectivity index (χ1) is 8.66. The molecule has 0 saturated carbocycles. The first-order valence-electron chi connectivity index (χ1n) is 6.34. The minimum atomic E-state index is 0.0487. The van der Waals surface area contributed by atoms with Crippen LogP contribution >= 0.6 is 0 Å². The molecular formula is C14H19NO3. The molecule has 1 aromatic rings. The predicted molar refractivity (Wildman–Crippen MR) is 69.7 cm³/mol. The molecular weight excluding hydrogens is 230 g/mol. The Bertz CT molecular complexity index is 396. The van der Waals surface area contributed by atoms with Crippen LogP contribution in [-0.2, 0) is 9.53 Å². The highest BCUT2D eigenvalue weighted by molar-refractivity contribution is 5.93. The first-order valence-corrected chi connectivity index (χ1v) is 6.34. The van der Waals surface area contributed by atoms with Crippen molar-refractivity contribution in [1.82, 2.24) is 0 Å². The van der Waals surface area contributed by atoms with E-state index in [-0.39, 0.29) is 17.8 Å². The van der Waals surface area contributed by atoms with Crippen LogP contribution in [0, 0.1) is 0 Å². The van der Waals surface area contributed by atoms with E-state index in [0.29, 0.717) is 6.42 Å². The van der Waals surface area contributed by atoms with Gasteiger partial charge in [0.15, 0.2) is 0 Å². The number of benzene rings is 1. The van der Waals surface area contributed by atoms with Gasteiger partial charge < -0.3 is 14.7 Å². The number of carbonyl (C=O) groups excluding carboxylic acids is 1. The number of amides is 1. The SMILES string of the molecule is CN(C(=O)CC1CCCCO1)c1ccc(O)cc1. The van der Waals surface area contributed by atoms with Crippen molar-refractivity contribution in [3.63, 3.8) is 0 Å². The van der Waals surface area contributed by atoms with Crippen molar-refractivity contribution >= 4 is 11.6 Å². The Morgan fingerprint density at radius 2 is 2.11 bits per heavy atom. The number of hydrogen-bond acceptors (Lipinski definition) is 3. The molecule has 1 fully saturated rings. The third-order valence-corrected chi connectivity index (χ3v) is 3.29. The second-order valence-electron chi connectivity index (χ2n) is 4.66. The van der Waals surface area contributed by atoms with Crippen molar-refractivity contribution in [2.45, 2.75) is 31.8 Å². The summed E-state index contributed by atoms with van der Waals surface area (Å²) in [4.78, 5) is 13.7. The molecule has 4 heteroatoms. The van der Waals surface area contributed by atoms with Crippen LogP contribution in [0.4, 0.5) is 5.69 Å². The van der Waals surface area contributed by atoms with E-state index in [0.717, 1.165) is 31.6 Å². The molecule has 1 aromatic carbocycles. The zero-order valence-electron chi connectivity index (χ0n) is 10.6. The smallest absolute Gasteiger partial charge is 0.229 e. The fraction of sp³-hybridized carbons (Fsp3) is 0.500. The molecule has 0 bridgehead atoms. The fourth-order valence-electron chi connectivity index (χ4n) is 2.12. The Kier molecular flexibility index (Phi) is 4.20. The average Bonchev–Trinajstić information content (AvgIpc) is 2.40. The summed E-state index contributed by atoms with van der Waals surface area (Å²) >= 11 is 0. The van der Waals surface area contributed by atoms with Crippen LogP contribution in [-0.4, -0.2) is 30.8 Å². The minimum Gasteiger partial charge on any atom is -0.508 e. The number of phenols is 1. The monoisotopic (exact) mass is 249 g/mol. The summed E-state index contributed by atoms with van der Waals surface area (Å²) in [6.45, 7) is 0.765. The molecule has 1 aliphatic heterocycles. The molecule has 1 aliphatic rings. The van der Waals surface area contributed by atoms with Gasteiger partial charge >= 0.3 is 0 Å². The molecule has 1 atom stereocenters. The van der Waals surface area contributed by atoms with E-state index in [1.165, 1.54) is 0 Å². The van der Waals surface area contributed by atoms with Gasteiger partial charge in [0.1, 0.15) is 5.75 Å². The Morgan fingerprint density at radius 3 is 2.72 bits per heavy atom. The van der Waals surface area contributed by atoms with Crippen LogP contribution in [0.2, 0.25) is 0 Å². The van der Waals surface area contributed by atoms with Gasteiger partial charge in [-0.25, -0.2) is 0 Å². The third kappa shape index (κ3) is 3.23. The van der Waals surface area contributed by atoms with E-state index in [1.807, 2.05) is 0 Å². The summed E-state index contributed by atoms with van der Waals surface area (Å²) in [6, 6.07) is 6.62. The van der Waals surface area contributed by atoms with Gasteiger partial charge in [-0.1, -0.05) is 0 Å². The zero-order chi connectivity index (χ0) is 13.0. The van der Waals surface area contributed by atoms with Gasteiger partial charge in [0.05, 0.1) is 12.5 Å². The first kappa shape index (κ1) is 12.9. The summed E-state index contributed by atoms with van der Waals surface area (Å²) in [5, 5.41) is 9.21. The standard InChI is InChI=1S/C14H19NO3/c1-15(11-5-7-12(16)8-6-11)14(17)10-13-4-2-3-9-18-13/h5-8,13,16H,2-4,9-10H2,1H3. The normalized spacial score (nSPS) is 19.5. The number of aromatic hydroxyl groups is 1. The Labute approximate surface area is 107 Å². The van der Waals surface area contributed by atoms with Crippen LogP contribution in [0.3, 0.4) is 0 Å². The van der Waals surface area contributed by atoms with Crippen molar-refractivity contribution in [1.29, 1.82) is 0 Å². The van der Waals surface area contributed by atoms with Gasteiger partial charge in [-0.3, -0.25) is 4.79 Å². The molecule has 1 amide bonds. The van der Waals surface area contributed by atoms with Gasteiger partial charge in [0, 0.05) is 19.3 Å². The summed E-state index contributed by atoms with van der Waals surface area (Å²) in [7, 11) is 1.75. The lowest BCUT2D eigenvalue weighted by molar-refractivity contribution is -0.122. The van der Waals surface area contributed by atoms with Gasteiger partial charge in [0.25, 0.3) is 0 Å². The summed E-state index contributed by atoms with van der Waals surface area (Å²) < 4.78 is 5.57. The third-order valence-electron chi connectivity index (χ3n) is 3.29. The molecule has 0 spiro atoms. The highest BCUT2D eigenvalue weighted by Gasteiger charge is 2.20. The van der Waals surface area contributed by atoms with E-state index in [2.05, 4.69) is 0 Å². The Hall–Kier alpha value is -1.55. The largest absolute Gasteiger partial charge is 0.508 e. The fourth-order valence-corrected chi connectivity index (χ4v) is 2.12. The summed E-state index contributed by atoms with van der Waals surface area (Å²) in [5.74, 6) is 0.253. The Balaban J connectivity index is 1.93. The lowest BCUT2D eigenvalue weighted by atomic mass is 10.1. The van der Waals surface area contributed by atoms with Gasteiger partial charge in [0.2, 0.25) is 5.91 Å². The van der Waals surface area contributed by atoms with Gasteiger partial charge in [-0.05, 0) is 43.5 Å².